The van der Waals surface area contributed by atoms with Crippen LogP contribution in [0.2, 0.25) is 0 Å². The molecule has 4 atom stereocenters. The highest BCUT2D eigenvalue weighted by Crippen LogP contribution is 2.59. The molecule has 8 rings (SSSR count). The van der Waals surface area contributed by atoms with E-state index in [4.69, 9.17) is 28.4 Å². The minimum Gasteiger partial charge on any atom is -0.506 e. The van der Waals surface area contributed by atoms with E-state index in [0.717, 1.165) is 68.1 Å². The van der Waals surface area contributed by atoms with Crippen molar-refractivity contribution in [2.24, 2.45) is 0 Å². The van der Waals surface area contributed by atoms with Gasteiger partial charge in [-0.05, 0) is 112 Å². The van der Waals surface area contributed by atoms with E-state index in [0.29, 0.717) is 67.5 Å². The number of fused-ring (bicyclic) bond motifs is 4. The van der Waals surface area contributed by atoms with E-state index in [9.17, 15) is 10.2 Å². The Bertz CT molecular complexity index is 2520. The van der Waals surface area contributed by atoms with Crippen molar-refractivity contribution >= 4 is 21.5 Å². The molecule has 6 aromatic rings. The van der Waals surface area contributed by atoms with Gasteiger partial charge in [0, 0.05) is 57.5 Å². The van der Waals surface area contributed by atoms with E-state index in [2.05, 4.69) is 50.5 Å². The Morgan fingerprint density at radius 2 is 0.850 bits per heavy atom. The summed E-state index contributed by atoms with van der Waals surface area (Å²) in [7, 11) is 9.91. The largest absolute Gasteiger partial charge is 0.506 e. The highest BCUT2D eigenvalue weighted by molar-refractivity contribution is 6.16. The molecule has 2 aliphatic rings. The monoisotopic (exact) mass is 812 g/mol. The molecule has 4 unspecified atom stereocenters. The van der Waals surface area contributed by atoms with E-state index in [1.54, 1.807) is 42.7 Å². The maximum absolute atomic E-state index is 12.9. The number of methoxy groups -OCH3 is 6. The van der Waals surface area contributed by atoms with Crippen LogP contribution in [0, 0.1) is 13.8 Å². The van der Waals surface area contributed by atoms with E-state index in [-0.39, 0.29) is 35.7 Å². The van der Waals surface area contributed by atoms with Gasteiger partial charge in [0.2, 0.25) is 0 Å². The van der Waals surface area contributed by atoms with Gasteiger partial charge in [0.15, 0.2) is 0 Å². The minimum atomic E-state index is -0.0433. The first-order valence-electron chi connectivity index (χ1n) is 20.6. The van der Waals surface area contributed by atoms with Crippen LogP contribution in [0.25, 0.3) is 54.9 Å². The van der Waals surface area contributed by atoms with Gasteiger partial charge in [0.25, 0.3) is 0 Å². The van der Waals surface area contributed by atoms with Crippen LogP contribution in [0.4, 0.5) is 0 Å². The summed E-state index contributed by atoms with van der Waals surface area (Å²) in [5.74, 6) is 3.49. The molecule has 0 saturated carbocycles. The first-order chi connectivity index (χ1) is 28.8. The number of hydrogen-bond donors (Lipinski definition) is 4. The summed E-state index contributed by atoms with van der Waals surface area (Å²) < 4.78 is 37.3. The molecule has 314 valence electrons. The Morgan fingerprint density at radius 1 is 0.483 bits per heavy atom. The minimum absolute atomic E-state index is 0.00874. The zero-order valence-corrected chi connectivity index (χ0v) is 36.7. The van der Waals surface area contributed by atoms with E-state index < -0.39 is 0 Å². The SMILES string of the molecule is COc1cc2c(c(OC)c1-c1c(C)c(-c3c(C)c(-c4c(OC)cc5c(c4OC)C(C)NC(C)C5)c4cccc(OC)c4c3O)c(O)c3c(OC)cccc13)C(C)NC(C)C2. The molecule has 0 aliphatic carbocycles. The van der Waals surface area contributed by atoms with Crippen LogP contribution in [0.5, 0.6) is 46.0 Å². The van der Waals surface area contributed by atoms with Gasteiger partial charge in [0.1, 0.15) is 46.0 Å². The lowest BCUT2D eigenvalue weighted by Gasteiger charge is -2.33. The van der Waals surface area contributed by atoms with Crippen molar-refractivity contribution in [3.05, 3.63) is 81.9 Å². The molecule has 10 heteroatoms. The summed E-state index contributed by atoms with van der Waals surface area (Å²) >= 11 is 0. The fourth-order valence-electron chi connectivity index (χ4n) is 10.5. The topological polar surface area (TPSA) is 120 Å². The molecule has 0 radical (unpaired) electrons. The molecule has 2 heterocycles. The van der Waals surface area contributed by atoms with Crippen LogP contribution >= 0.6 is 0 Å². The second-order valence-corrected chi connectivity index (χ2v) is 16.3. The van der Waals surface area contributed by atoms with Crippen molar-refractivity contribution in [1.82, 2.24) is 10.6 Å². The first-order valence-corrected chi connectivity index (χ1v) is 20.6. The number of hydrogen-bond acceptors (Lipinski definition) is 10. The standard InChI is InChI=1S/C50H56N2O8/c1-23-19-29-21-35(57-9)45(49(59-11)41(29)27(5)51-23)37-25(3)39(47(53)43-31(37)15-13-17-33(43)55-7)40-26(4)38(32-16-14-18-34(56-8)44(32)48(40)54)46-36(58-10)22-30-20-24(2)52-28(6)42(30)50(46)60-12/h13-18,21-24,27-28,51-54H,19-20H2,1-12H3. The molecular weight excluding hydrogens is 757 g/mol. The van der Waals surface area contributed by atoms with Gasteiger partial charge < -0.3 is 49.3 Å². The first kappa shape index (κ1) is 40.9. The average molecular weight is 813 g/mol. The van der Waals surface area contributed by atoms with E-state index >= 15 is 0 Å². The molecule has 0 spiro atoms. The van der Waals surface area contributed by atoms with E-state index in [1.807, 2.05) is 50.2 Å². The molecule has 60 heavy (non-hydrogen) atoms. The smallest absolute Gasteiger partial charge is 0.135 e. The molecule has 0 fully saturated rings. The Kier molecular flexibility index (Phi) is 10.7. The number of ether oxygens (including phenoxy) is 6. The number of aromatic hydroxyl groups is 2. The Balaban J connectivity index is 1.58. The Hall–Kier alpha value is -5.84. The maximum atomic E-state index is 12.9. The van der Waals surface area contributed by atoms with Crippen molar-refractivity contribution in [1.29, 1.82) is 0 Å². The second kappa shape index (κ2) is 15.6. The van der Waals surface area contributed by atoms with Gasteiger partial charge in [-0.25, -0.2) is 0 Å². The normalized spacial score (nSPS) is 18.5. The van der Waals surface area contributed by atoms with E-state index in [1.165, 1.54) is 0 Å². The zero-order valence-electron chi connectivity index (χ0n) is 36.7. The number of benzene rings is 6. The molecule has 10 nitrogen and oxygen atoms in total. The lowest BCUT2D eigenvalue weighted by molar-refractivity contribution is 0.372. The number of nitrogens with one attached hydrogen (secondary N) is 2. The lowest BCUT2D eigenvalue weighted by Crippen LogP contribution is -2.36. The van der Waals surface area contributed by atoms with Crippen molar-refractivity contribution in [2.75, 3.05) is 42.7 Å². The van der Waals surface area contributed by atoms with Crippen LogP contribution in [-0.2, 0) is 12.8 Å². The molecule has 0 saturated heterocycles. The van der Waals surface area contributed by atoms with Gasteiger partial charge in [0.05, 0.1) is 64.6 Å². The van der Waals surface area contributed by atoms with Crippen LogP contribution in [0.1, 0.15) is 73.2 Å². The predicted molar refractivity (Wildman–Crippen MR) is 239 cm³/mol. The van der Waals surface area contributed by atoms with Gasteiger partial charge in [-0.1, -0.05) is 24.3 Å². The van der Waals surface area contributed by atoms with Gasteiger partial charge in [-0.2, -0.15) is 0 Å². The molecule has 6 aromatic carbocycles. The molecule has 0 amide bonds. The summed E-state index contributed by atoms with van der Waals surface area (Å²) in [5.41, 5.74) is 9.68. The summed E-state index contributed by atoms with van der Waals surface area (Å²) in [4.78, 5) is 0. The Morgan fingerprint density at radius 3 is 1.18 bits per heavy atom. The fourth-order valence-corrected chi connectivity index (χ4v) is 10.5. The third kappa shape index (κ3) is 6.05. The van der Waals surface area contributed by atoms with Crippen LogP contribution in [-0.4, -0.2) is 65.0 Å². The second-order valence-electron chi connectivity index (χ2n) is 16.3. The van der Waals surface area contributed by atoms with Crippen LogP contribution in [0.15, 0.2) is 48.5 Å². The number of phenolic OH excluding ortho intramolecular Hbond substituents is 2. The summed E-state index contributed by atoms with van der Waals surface area (Å²) in [6, 6.07) is 16.2. The molecule has 4 N–H and O–H groups in total. The maximum Gasteiger partial charge on any atom is 0.135 e. The van der Waals surface area contributed by atoms with Crippen molar-refractivity contribution in [3.8, 4) is 79.4 Å². The average Bonchev–Trinajstić information content (AvgIpc) is 3.23. The van der Waals surface area contributed by atoms with Crippen LogP contribution < -0.4 is 39.1 Å². The zero-order chi connectivity index (χ0) is 42.9. The third-order valence-corrected chi connectivity index (χ3v) is 12.8. The fraction of sp³-hybridized carbons (Fsp3) is 0.360. The number of phenols is 2. The molecule has 2 aliphatic heterocycles. The van der Waals surface area contributed by atoms with Crippen molar-refractivity contribution in [2.45, 2.75) is 78.6 Å². The highest BCUT2D eigenvalue weighted by atomic mass is 16.5. The van der Waals surface area contributed by atoms with Gasteiger partial charge in [-0.3, -0.25) is 0 Å². The lowest BCUT2D eigenvalue weighted by atomic mass is 9.79. The van der Waals surface area contributed by atoms with Crippen molar-refractivity contribution in [3.63, 3.8) is 0 Å². The summed E-state index contributed by atoms with van der Waals surface area (Å²) in [6.07, 6.45) is 1.61. The quantitative estimate of drug-likeness (QED) is 0.112. The molecule has 0 aromatic heterocycles. The van der Waals surface area contributed by atoms with Gasteiger partial charge in [-0.15, -0.1) is 0 Å². The summed E-state index contributed by atoms with van der Waals surface area (Å²) in [6.45, 7) is 12.6. The summed E-state index contributed by atoms with van der Waals surface area (Å²) in [5, 5.41) is 35.6. The molecular formula is C50H56N2O8. The Labute approximate surface area is 352 Å². The predicted octanol–water partition coefficient (Wildman–Crippen LogP) is 10.3. The third-order valence-electron chi connectivity index (χ3n) is 12.8. The molecule has 0 bridgehead atoms. The van der Waals surface area contributed by atoms with Gasteiger partial charge >= 0.3 is 0 Å². The van der Waals surface area contributed by atoms with Crippen LogP contribution in [0.3, 0.4) is 0 Å². The highest BCUT2D eigenvalue weighted by Gasteiger charge is 2.36. The number of rotatable bonds is 9. The van der Waals surface area contributed by atoms with Crippen molar-refractivity contribution < 1.29 is 38.6 Å².